The van der Waals surface area contributed by atoms with Crippen molar-refractivity contribution in [3.63, 3.8) is 0 Å². The van der Waals surface area contributed by atoms with Crippen LogP contribution in [0.4, 0.5) is 0 Å². The third kappa shape index (κ3) is 41.3. The normalized spacial score (nSPS) is 13.0. The Hall–Kier alpha value is -3.67. The van der Waals surface area contributed by atoms with E-state index in [0.717, 1.165) is 83.5 Å². The molecule has 0 aliphatic heterocycles. The molecule has 6 nitrogen and oxygen atoms in total. The molecule has 0 N–H and O–H groups in total. The van der Waals surface area contributed by atoms with E-state index in [2.05, 4.69) is 57.2 Å². The second-order valence-electron chi connectivity index (χ2n) is 14.0. The first kappa shape index (κ1) is 51.3. The first-order valence-electron chi connectivity index (χ1n) is 21.8. The van der Waals surface area contributed by atoms with Crippen molar-refractivity contribution in [1.82, 2.24) is 0 Å². The van der Waals surface area contributed by atoms with Gasteiger partial charge >= 0.3 is 17.9 Å². The van der Waals surface area contributed by atoms with Gasteiger partial charge in [0.15, 0.2) is 6.10 Å². The Labute approximate surface area is 337 Å². The third-order valence-electron chi connectivity index (χ3n) is 8.75. The van der Waals surface area contributed by atoms with Crippen LogP contribution in [0, 0.1) is 0 Å². The van der Waals surface area contributed by atoms with Crippen LogP contribution in [0.2, 0.25) is 0 Å². The highest BCUT2D eigenvalue weighted by molar-refractivity contribution is 5.71. The maximum Gasteiger partial charge on any atom is 0.306 e. The molecule has 0 aliphatic carbocycles. The molecule has 0 saturated carbocycles. The third-order valence-corrected chi connectivity index (χ3v) is 8.75. The van der Waals surface area contributed by atoms with Gasteiger partial charge in [0.25, 0.3) is 0 Å². The van der Waals surface area contributed by atoms with Crippen LogP contribution < -0.4 is 0 Å². The van der Waals surface area contributed by atoms with Gasteiger partial charge in [0.2, 0.25) is 0 Å². The molecule has 0 heterocycles. The monoisotopic (exact) mass is 763 g/mol. The number of carbonyl (C=O) groups excluding carboxylic acids is 3. The van der Waals surface area contributed by atoms with Crippen molar-refractivity contribution in [2.45, 2.75) is 181 Å². The molecule has 0 spiro atoms. The van der Waals surface area contributed by atoms with E-state index in [9.17, 15) is 14.4 Å². The van der Waals surface area contributed by atoms with Crippen LogP contribution in [0.15, 0.2) is 97.2 Å². The quantitative estimate of drug-likeness (QED) is 0.0206. The van der Waals surface area contributed by atoms with Crippen molar-refractivity contribution >= 4 is 17.9 Å². The number of allylic oxidation sites excluding steroid dienone is 16. The summed E-state index contributed by atoms with van der Waals surface area (Å²) in [4.78, 5) is 37.6. The van der Waals surface area contributed by atoms with Gasteiger partial charge in [0, 0.05) is 19.3 Å². The van der Waals surface area contributed by atoms with Gasteiger partial charge in [-0.1, -0.05) is 189 Å². The lowest BCUT2D eigenvalue weighted by Gasteiger charge is -2.18. The van der Waals surface area contributed by atoms with Crippen LogP contribution in [-0.2, 0) is 28.6 Å². The number of ether oxygens (including phenoxy) is 3. The highest BCUT2D eigenvalue weighted by atomic mass is 16.6. The largest absolute Gasteiger partial charge is 0.462 e. The van der Waals surface area contributed by atoms with Crippen LogP contribution in [0.1, 0.15) is 175 Å². The smallest absolute Gasteiger partial charge is 0.306 e. The molecule has 0 bridgehead atoms. The Morgan fingerprint density at radius 1 is 0.400 bits per heavy atom. The molecule has 55 heavy (non-hydrogen) atoms. The molecule has 0 aliphatic rings. The molecule has 0 fully saturated rings. The number of unbranched alkanes of at least 4 members (excludes halogenated alkanes) is 15. The SMILES string of the molecule is CC\C=C/C=C\C=C/C=C\C=C\C=C/CCCCCC(=O)OCC(COC(=O)CCCC/C=C\C/C=C\CC)OC(=O)CCCCCCCCCCCCC. The minimum absolute atomic E-state index is 0.110. The first-order valence-corrected chi connectivity index (χ1v) is 21.8. The zero-order valence-corrected chi connectivity index (χ0v) is 35.1. The summed E-state index contributed by atoms with van der Waals surface area (Å²) in [5, 5.41) is 0. The molecule has 1 unspecified atom stereocenters. The van der Waals surface area contributed by atoms with Gasteiger partial charge in [-0.2, -0.15) is 0 Å². The van der Waals surface area contributed by atoms with Crippen molar-refractivity contribution < 1.29 is 28.6 Å². The fourth-order valence-corrected chi connectivity index (χ4v) is 5.51. The van der Waals surface area contributed by atoms with Crippen molar-refractivity contribution in [2.24, 2.45) is 0 Å². The molecule has 0 aromatic heterocycles. The molecule has 0 rings (SSSR count). The lowest BCUT2D eigenvalue weighted by atomic mass is 10.1. The van der Waals surface area contributed by atoms with E-state index in [-0.39, 0.29) is 31.1 Å². The van der Waals surface area contributed by atoms with Gasteiger partial charge in [-0.15, -0.1) is 0 Å². The van der Waals surface area contributed by atoms with Crippen LogP contribution in [0.25, 0.3) is 0 Å². The van der Waals surface area contributed by atoms with Crippen LogP contribution >= 0.6 is 0 Å². The van der Waals surface area contributed by atoms with Crippen LogP contribution in [0.5, 0.6) is 0 Å². The molecule has 0 aromatic carbocycles. The zero-order valence-electron chi connectivity index (χ0n) is 35.1. The summed E-state index contributed by atoms with van der Waals surface area (Å²) in [7, 11) is 0. The van der Waals surface area contributed by atoms with E-state index >= 15 is 0 Å². The minimum atomic E-state index is -0.805. The number of carbonyl (C=O) groups is 3. The van der Waals surface area contributed by atoms with Crippen LogP contribution in [-0.4, -0.2) is 37.2 Å². The molecule has 310 valence electrons. The highest BCUT2D eigenvalue weighted by Crippen LogP contribution is 2.13. The van der Waals surface area contributed by atoms with Crippen molar-refractivity contribution in [3.8, 4) is 0 Å². The Morgan fingerprint density at radius 3 is 1.35 bits per heavy atom. The molecule has 0 amide bonds. The number of rotatable bonds is 37. The number of hydrogen-bond donors (Lipinski definition) is 0. The summed E-state index contributed by atoms with van der Waals surface area (Å²) in [5.41, 5.74) is 0. The predicted octanol–water partition coefficient (Wildman–Crippen LogP) is 13.9. The topological polar surface area (TPSA) is 78.9 Å². The molecular formula is C49H78O6. The zero-order chi connectivity index (χ0) is 40.1. The van der Waals surface area contributed by atoms with E-state index in [1.54, 1.807) is 0 Å². The predicted molar refractivity (Wildman–Crippen MR) is 233 cm³/mol. The minimum Gasteiger partial charge on any atom is -0.462 e. The molecular weight excluding hydrogens is 685 g/mol. The average Bonchev–Trinajstić information content (AvgIpc) is 3.18. The fourth-order valence-electron chi connectivity index (χ4n) is 5.51. The average molecular weight is 763 g/mol. The van der Waals surface area contributed by atoms with Crippen LogP contribution in [0.3, 0.4) is 0 Å². The second kappa shape index (κ2) is 43.1. The van der Waals surface area contributed by atoms with Gasteiger partial charge in [-0.05, 0) is 64.2 Å². The summed E-state index contributed by atoms with van der Waals surface area (Å²) in [5.74, 6) is -0.999. The Balaban J connectivity index is 4.49. The fraction of sp³-hybridized carbons (Fsp3) is 0.612. The summed E-state index contributed by atoms with van der Waals surface area (Å²) in [6.45, 7) is 6.26. The van der Waals surface area contributed by atoms with Gasteiger partial charge in [0.05, 0.1) is 0 Å². The Morgan fingerprint density at radius 2 is 0.800 bits per heavy atom. The highest BCUT2D eigenvalue weighted by Gasteiger charge is 2.19. The van der Waals surface area contributed by atoms with Gasteiger partial charge < -0.3 is 14.2 Å². The molecule has 0 aromatic rings. The van der Waals surface area contributed by atoms with Gasteiger partial charge in [-0.3, -0.25) is 14.4 Å². The lowest BCUT2D eigenvalue weighted by Crippen LogP contribution is -2.30. The summed E-state index contributed by atoms with van der Waals surface area (Å²) >= 11 is 0. The summed E-state index contributed by atoms with van der Waals surface area (Å²) < 4.78 is 16.6. The van der Waals surface area contributed by atoms with E-state index in [1.807, 2.05) is 60.8 Å². The summed E-state index contributed by atoms with van der Waals surface area (Å²) in [6.07, 6.45) is 55.4. The first-order chi connectivity index (χ1) is 27.0. The molecule has 0 radical (unpaired) electrons. The van der Waals surface area contributed by atoms with Crippen molar-refractivity contribution in [2.75, 3.05) is 13.2 Å². The van der Waals surface area contributed by atoms with E-state index in [1.165, 1.54) is 51.4 Å². The number of hydrogen-bond acceptors (Lipinski definition) is 6. The summed E-state index contributed by atoms with van der Waals surface area (Å²) in [6, 6.07) is 0. The maximum absolute atomic E-state index is 12.7. The molecule has 1 atom stereocenters. The van der Waals surface area contributed by atoms with Gasteiger partial charge in [0.1, 0.15) is 13.2 Å². The Bertz CT molecular complexity index is 1150. The van der Waals surface area contributed by atoms with Crippen molar-refractivity contribution in [3.05, 3.63) is 97.2 Å². The van der Waals surface area contributed by atoms with E-state index < -0.39 is 6.10 Å². The van der Waals surface area contributed by atoms with Gasteiger partial charge in [-0.25, -0.2) is 0 Å². The maximum atomic E-state index is 12.7. The second-order valence-corrected chi connectivity index (χ2v) is 14.0. The van der Waals surface area contributed by atoms with Crippen molar-refractivity contribution in [1.29, 1.82) is 0 Å². The van der Waals surface area contributed by atoms with E-state index in [0.29, 0.717) is 19.3 Å². The lowest BCUT2D eigenvalue weighted by molar-refractivity contribution is -0.167. The molecule has 0 saturated heterocycles. The molecule has 6 heteroatoms. The van der Waals surface area contributed by atoms with E-state index in [4.69, 9.17) is 14.2 Å². The standard InChI is InChI=1S/C49H78O6/c1-4-7-10-13-16-19-21-22-23-24-25-26-28-30-33-36-39-42-48(51)54-45-46(44-53-47(50)41-38-35-32-29-18-15-12-9-6-3)55-49(52)43-40-37-34-31-27-20-17-14-11-8-5-2/h7,9-10,12-13,16,18-19,21-26,28-29,46H,4-6,8,11,14-15,17,20,27,30-45H2,1-3H3/b10-7-,12-9-,16-13-,21-19-,23-22-,25-24+,28-26-,29-18-. The number of esters is 3. The Kier molecular flexibility index (Phi) is 40.2.